The van der Waals surface area contributed by atoms with E-state index < -0.39 is 5.60 Å². The third-order valence-corrected chi connectivity index (χ3v) is 1.94. The van der Waals surface area contributed by atoms with Crippen molar-refractivity contribution in [1.82, 2.24) is 5.32 Å². The minimum absolute atomic E-state index is 0.0405. The van der Waals surface area contributed by atoms with E-state index in [2.05, 4.69) is 5.32 Å². The van der Waals surface area contributed by atoms with E-state index in [0.717, 1.165) is 0 Å². The molecule has 0 unspecified atom stereocenters. The number of hydrogen-bond acceptors (Lipinski definition) is 4. The van der Waals surface area contributed by atoms with Crippen molar-refractivity contribution < 1.29 is 15.3 Å². The van der Waals surface area contributed by atoms with E-state index in [1.165, 1.54) is 12.1 Å². The van der Waals surface area contributed by atoms with E-state index in [9.17, 15) is 10.2 Å². The molecule has 4 heteroatoms. The number of phenols is 2. The van der Waals surface area contributed by atoms with Gasteiger partial charge in [-0.25, -0.2) is 0 Å². The Kier molecular flexibility index (Phi) is 3.55. The Morgan fingerprint density at radius 3 is 2.47 bits per heavy atom. The molecule has 0 heterocycles. The van der Waals surface area contributed by atoms with Crippen LogP contribution < -0.4 is 5.32 Å². The number of aliphatic hydroxyl groups is 1. The van der Waals surface area contributed by atoms with Crippen molar-refractivity contribution in [1.29, 1.82) is 0 Å². The molecule has 4 nitrogen and oxygen atoms in total. The summed E-state index contributed by atoms with van der Waals surface area (Å²) in [6.07, 6.45) is 0. The zero-order valence-corrected chi connectivity index (χ0v) is 8.99. The first-order valence-corrected chi connectivity index (χ1v) is 4.82. The first-order valence-electron chi connectivity index (χ1n) is 4.82. The predicted molar refractivity (Wildman–Crippen MR) is 57.8 cm³/mol. The van der Waals surface area contributed by atoms with Gasteiger partial charge in [-0.05, 0) is 19.9 Å². The Bertz CT molecular complexity index is 331. The van der Waals surface area contributed by atoms with Gasteiger partial charge >= 0.3 is 0 Å². The molecule has 0 spiro atoms. The van der Waals surface area contributed by atoms with Crippen molar-refractivity contribution in [3.8, 4) is 11.5 Å². The van der Waals surface area contributed by atoms with Gasteiger partial charge < -0.3 is 20.6 Å². The van der Waals surface area contributed by atoms with Gasteiger partial charge in [-0.1, -0.05) is 6.07 Å². The molecule has 0 saturated heterocycles. The lowest BCUT2D eigenvalue weighted by atomic mass is 10.1. The van der Waals surface area contributed by atoms with Gasteiger partial charge in [0.05, 0.1) is 5.60 Å². The lowest BCUT2D eigenvalue weighted by molar-refractivity contribution is 0.0794. The molecule has 1 aromatic carbocycles. The highest BCUT2D eigenvalue weighted by molar-refractivity contribution is 5.38. The average Bonchev–Trinajstić information content (AvgIpc) is 2.07. The SMILES string of the molecule is CC(C)(O)CNCc1ccc(O)cc1O. The molecule has 0 radical (unpaired) electrons. The topological polar surface area (TPSA) is 72.7 Å². The molecule has 0 aromatic heterocycles. The highest BCUT2D eigenvalue weighted by Gasteiger charge is 2.11. The lowest BCUT2D eigenvalue weighted by Gasteiger charge is -2.17. The molecule has 4 N–H and O–H groups in total. The van der Waals surface area contributed by atoms with Crippen LogP contribution in [0.3, 0.4) is 0 Å². The highest BCUT2D eigenvalue weighted by atomic mass is 16.3. The van der Waals surface area contributed by atoms with Gasteiger partial charge in [0.15, 0.2) is 0 Å². The summed E-state index contributed by atoms with van der Waals surface area (Å²) in [5.74, 6) is 0.0944. The minimum Gasteiger partial charge on any atom is -0.508 e. The van der Waals surface area contributed by atoms with Crippen molar-refractivity contribution in [2.24, 2.45) is 0 Å². The zero-order chi connectivity index (χ0) is 11.5. The summed E-state index contributed by atoms with van der Waals surface area (Å²) in [6, 6.07) is 4.45. The second-order valence-electron chi connectivity index (χ2n) is 4.23. The minimum atomic E-state index is -0.771. The van der Waals surface area contributed by atoms with Gasteiger partial charge in [-0.15, -0.1) is 0 Å². The third-order valence-electron chi connectivity index (χ3n) is 1.94. The highest BCUT2D eigenvalue weighted by Crippen LogP contribution is 2.22. The van der Waals surface area contributed by atoms with Crippen molar-refractivity contribution in [3.63, 3.8) is 0 Å². The summed E-state index contributed by atoms with van der Waals surface area (Å²) < 4.78 is 0. The normalized spacial score (nSPS) is 11.7. The molecule has 0 atom stereocenters. The van der Waals surface area contributed by atoms with Gasteiger partial charge in [0, 0.05) is 24.7 Å². The maximum Gasteiger partial charge on any atom is 0.123 e. The van der Waals surface area contributed by atoms with Gasteiger partial charge in [-0.3, -0.25) is 0 Å². The summed E-state index contributed by atoms with van der Waals surface area (Å²) in [5.41, 5.74) is -0.0796. The van der Waals surface area contributed by atoms with E-state index >= 15 is 0 Å². The molecule has 0 aliphatic rings. The van der Waals surface area contributed by atoms with Crippen LogP contribution in [0.25, 0.3) is 0 Å². The summed E-state index contributed by atoms with van der Waals surface area (Å²) in [5, 5.41) is 31.0. The van der Waals surface area contributed by atoms with Gasteiger partial charge in [-0.2, -0.15) is 0 Å². The molecule has 0 fully saturated rings. The quantitative estimate of drug-likeness (QED) is 0.598. The van der Waals surface area contributed by atoms with Crippen LogP contribution in [0, 0.1) is 0 Å². The molecule has 1 aromatic rings. The Balaban J connectivity index is 2.51. The lowest BCUT2D eigenvalue weighted by Crippen LogP contribution is -2.34. The Hall–Kier alpha value is -1.26. The maximum atomic E-state index is 9.46. The summed E-state index contributed by atoms with van der Waals surface area (Å²) >= 11 is 0. The Morgan fingerprint density at radius 2 is 1.93 bits per heavy atom. The van der Waals surface area contributed by atoms with Gasteiger partial charge in [0.1, 0.15) is 11.5 Å². The molecule has 1 rings (SSSR count). The number of nitrogens with one attached hydrogen (secondary N) is 1. The zero-order valence-electron chi connectivity index (χ0n) is 8.99. The monoisotopic (exact) mass is 211 g/mol. The molecule has 84 valence electrons. The smallest absolute Gasteiger partial charge is 0.123 e. The second kappa shape index (κ2) is 4.51. The van der Waals surface area contributed by atoms with Crippen molar-refractivity contribution in [2.75, 3.05) is 6.54 Å². The number of rotatable bonds is 4. The van der Waals surface area contributed by atoms with Crippen LogP contribution in [-0.2, 0) is 6.54 Å². The van der Waals surface area contributed by atoms with Crippen LogP contribution in [0.1, 0.15) is 19.4 Å². The van der Waals surface area contributed by atoms with Crippen LogP contribution in [0.2, 0.25) is 0 Å². The molecule has 0 saturated carbocycles. The average molecular weight is 211 g/mol. The largest absolute Gasteiger partial charge is 0.508 e. The van der Waals surface area contributed by atoms with E-state index in [1.54, 1.807) is 19.9 Å². The van der Waals surface area contributed by atoms with Crippen LogP contribution in [-0.4, -0.2) is 27.5 Å². The van der Waals surface area contributed by atoms with Gasteiger partial charge in [0.2, 0.25) is 0 Å². The first-order chi connectivity index (χ1) is 6.88. The maximum absolute atomic E-state index is 9.46. The standard InChI is InChI=1S/C11H17NO3/c1-11(2,15)7-12-6-8-3-4-9(13)5-10(8)14/h3-5,12-15H,6-7H2,1-2H3. The van der Waals surface area contributed by atoms with E-state index in [4.69, 9.17) is 5.11 Å². The Morgan fingerprint density at radius 1 is 1.27 bits per heavy atom. The number of benzene rings is 1. The summed E-state index contributed by atoms with van der Waals surface area (Å²) in [7, 11) is 0. The number of aromatic hydroxyl groups is 2. The van der Waals surface area contributed by atoms with Crippen molar-refractivity contribution in [3.05, 3.63) is 23.8 Å². The fourth-order valence-electron chi connectivity index (χ4n) is 1.20. The van der Waals surface area contributed by atoms with Crippen molar-refractivity contribution in [2.45, 2.75) is 26.0 Å². The van der Waals surface area contributed by atoms with Crippen LogP contribution in [0.5, 0.6) is 11.5 Å². The fourth-order valence-corrected chi connectivity index (χ4v) is 1.20. The van der Waals surface area contributed by atoms with E-state index in [0.29, 0.717) is 18.7 Å². The van der Waals surface area contributed by atoms with Gasteiger partial charge in [0.25, 0.3) is 0 Å². The van der Waals surface area contributed by atoms with Crippen LogP contribution in [0.4, 0.5) is 0 Å². The summed E-state index contributed by atoms with van der Waals surface area (Å²) in [6.45, 7) is 4.30. The second-order valence-corrected chi connectivity index (χ2v) is 4.23. The van der Waals surface area contributed by atoms with Crippen molar-refractivity contribution >= 4 is 0 Å². The predicted octanol–water partition coefficient (Wildman–Crippen LogP) is 0.958. The van der Waals surface area contributed by atoms with E-state index in [-0.39, 0.29) is 11.5 Å². The molecule has 0 aliphatic heterocycles. The molecule has 0 amide bonds. The number of hydrogen-bond donors (Lipinski definition) is 4. The third kappa shape index (κ3) is 4.18. The molecule has 15 heavy (non-hydrogen) atoms. The van der Waals surface area contributed by atoms with Crippen LogP contribution >= 0.6 is 0 Å². The molecular weight excluding hydrogens is 194 g/mol. The molecule has 0 aliphatic carbocycles. The van der Waals surface area contributed by atoms with Crippen LogP contribution in [0.15, 0.2) is 18.2 Å². The fraction of sp³-hybridized carbons (Fsp3) is 0.455. The summed E-state index contributed by atoms with van der Waals surface area (Å²) in [4.78, 5) is 0. The number of phenolic OH excluding ortho intramolecular Hbond substituents is 2. The molecular formula is C11H17NO3. The first kappa shape index (κ1) is 11.8. The van der Waals surface area contributed by atoms with E-state index in [1.807, 2.05) is 0 Å². The Labute approximate surface area is 89.2 Å². The molecule has 0 bridgehead atoms.